The van der Waals surface area contributed by atoms with E-state index in [0.29, 0.717) is 32.1 Å². The summed E-state index contributed by atoms with van der Waals surface area (Å²) in [6.07, 6.45) is -33.7. The molecule has 10 aliphatic rings. The molecule has 488 valence electrons. The first-order valence-corrected chi connectivity index (χ1v) is 30.2. The van der Waals surface area contributed by atoms with E-state index in [4.69, 9.17) is 52.1 Å². The Labute approximate surface area is 492 Å². The molecule has 0 unspecified atom stereocenters. The summed E-state index contributed by atoms with van der Waals surface area (Å²) >= 11 is 0. The van der Waals surface area contributed by atoms with Crippen molar-refractivity contribution in [2.24, 2.45) is 33.5 Å². The molecule has 6 aliphatic heterocycles. The maximum absolute atomic E-state index is 13.0. The van der Waals surface area contributed by atoms with E-state index in [0.717, 1.165) is 25.7 Å². The van der Waals surface area contributed by atoms with Crippen molar-refractivity contribution >= 4 is 5.78 Å². The molecule has 28 heteroatoms. The van der Waals surface area contributed by atoms with Crippen LogP contribution in [0.2, 0.25) is 0 Å². The van der Waals surface area contributed by atoms with Crippen LogP contribution < -0.4 is 0 Å². The fourth-order valence-corrected chi connectivity index (χ4v) is 16.9. The molecular formula is C57H92O28. The van der Waals surface area contributed by atoms with E-state index in [1.54, 1.807) is 0 Å². The highest BCUT2D eigenvalue weighted by molar-refractivity contribution is 5.83. The Morgan fingerprint density at radius 2 is 1.21 bits per heavy atom. The second-order valence-electron chi connectivity index (χ2n) is 26.5. The second-order valence-corrected chi connectivity index (χ2v) is 26.5. The zero-order valence-corrected chi connectivity index (χ0v) is 48.7. The Hall–Kier alpha value is -1.67. The van der Waals surface area contributed by atoms with E-state index >= 15 is 0 Å². The molecule has 10 rings (SSSR count). The van der Waals surface area contributed by atoms with E-state index in [2.05, 4.69) is 27.7 Å². The van der Waals surface area contributed by atoms with Crippen LogP contribution >= 0.6 is 0 Å². The van der Waals surface area contributed by atoms with Crippen molar-refractivity contribution in [2.75, 3.05) is 52.9 Å². The molecule has 0 aromatic carbocycles. The Bertz CT molecular complexity index is 2350. The third-order valence-electron chi connectivity index (χ3n) is 22.4. The number of aliphatic hydroxyl groups is 16. The third kappa shape index (κ3) is 10.7. The average molecular weight is 1230 g/mol. The Morgan fingerprint density at radius 3 is 1.85 bits per heavy atom. The molecule has 2 saturated carbocycles. The lowest BCUT2D eigenvalue weighted by molar-refractivity contribution is -0.397. The van der Waals surface area contributed by atoms with Gasteiger partial charge < -0.3 is 134 Å². The summed E-state index contributed by atoms with van der Waals surface area (Å²) in [7, 11) is 0. The number of ether oxygens (including phenoxy) is 11. The van der Waals surface area contributed by atoms with Crippen LogP contribution in [0.15, 0.2) is 11.1 Å². The van der Waals surface area contributed by atoms with Crippen molar-refractivity contribution in [2.45, 2.75) is 251 Å². The fourth-order valence-electron chi connectivity index (χ4n) is 16.9. The predicted molar refractivity (Wildman–Crippen MR) is 282 cm³/mol. The quantitative estimate of drug-likeness (QED) is 0.0571. The van der Waals surface area contributed by atoms with Gasteiger partial charge in [-0.25, -0.2) is 0 Å². The van der Waals surface area contributed by atoms with E-state index in [1.165, 1.54) is 11.1 Å². The van der Waals surface area contributed by atoms with E-state index in [-0.39, 0.29) is 34.9 Å². The van der Waals surface area contributed by atoms with Gasteiger partial charge in [0.1, 0.15) is 109 Å². The zero-order chi connectivity index (χ0) is 61.7. The van der Waals surface area contributed by atoms with Crippen LogP contribution in [0.1, 0.15) is 98.8 Å². The molecule has 30 atom stereocenters. The summed E-state index contributed by atoms with van der Waals surface area (Å²) in [5, 5.41) is 176. The largest absolute Gasteiger partial charge is 0.396 e. The lowest BCUT2D eigenvalue weighted by atomic mass is 9.42. The molecule has 16 N–H and O–H groups in total. The minimum absolute atomic E-state index is 0.129. The first-order valence-electron chi connectivity index (χ1n) is 30.2. The number of aliphatic hydroxyl groups excluding tert-OH is 15. The topological polar surface area (TPSA) is 442 Å². The highest BCUT2D eigenvalue weighted by Gasteiger charge is 2.72. The van der Waals surface area contributed by atoms with Crippen LogP contribution in [0, 0.1) is 33.5 Å². The van der Waals surface area contributed by atoms with Crippen LogP contribution in [0.3, 0.4) is 0 Å². The van der Waals surface area contributed by atoms with Crippen LogP contribution in [-0.4, -0.2) is 293 Å². The van der Waals surface area contributed by atoms with E-state index < -0.39 is 216 Å². The monoisotopic (exact) mass is 1220 g/mol. The number of rotatable bonds is 18. The number of Topliss-reactive ketones (excluding diaryl/α,β-unsaturated/α-hetero) is 1. The average Bonchev–Trinajstić information content (AvgIpc) is 1.62. The van der Waals surface area contributed by atoms with Crippen molar-refractivity contribution < 1.29 is 139 Å². The number of carbonyl (C=O) groups excluding carboxylic acids is 1. The maximum Gasteiger partial charge on any atom is 0.187 e. The molecule has 85 heavy (non-hydrogen) atoms. The molecule has 1 spiro atoms. The van der Waals surface area contributed by atoms with Gasteiger partial charge in [-0.05, 0) is 80.5 Å². The number of carbonyl (C=O) groups is 1. The van der Waals surface area contributed by atoms with Gasteiger partial charge in [0.05, 0.1) is 64.6 Å². The number of hydrogen-bond acceptors (Lipinski definition) is 28. The smallest absolute Gasteiger partial charge is 0.187 e. The van der Waals surface area contributed by atoms with Crippen molar-refractivity contribution in [3.63, 3.8) is 0 Å². The molecule has 6 saturated heterocycles. The van der Waals surface area contributed by atoms with Crippen LogP contribution in [0.5, 0.6) is 0 Å². The summed E-state index contributed by atoms with van der Waals surface area (Å²) in [6, 6.07) is 0. The minimum Gasteiger partial charge on any atom is -0.396 e. The van der Waals surface area contributed by atoms with Gasteiger partial charge in [-0.1, -0.05) is 45.8 Å². The highest BCUT2D eigenvalue weighted by Crippen LogP contribution is 2.75. The molecule has 6 heterocycles. The first kappa shape index (κ1) is 66.3. The molecule has 0 aromatic rings. The molecule has 4 aliphatic carbocycles. The van der Waals surface area contributed by atoms with Crippen LogP contribution in [0.4, 0.5) is 0 Å². The maximum atomic E-state index is 13.0. The Kier molecular flexibility index (Phi) is 19.6. The lowest BCUT2D eigenvalue weighted by Crippen LogP contribution is -2.67. The predicted octanol–water partition coefficient (Wildman–Crippen LogP) is -5.03. The van der Waals surface area contributed by atoms with Gasteiger partial charge in [0.15, 0.2) is 37.2 Å². The van der Waals surface area contributed by atoms with Gasteiger partial charge in [0, 0.05) is 17.3 Å². The summed E-state index contributed by atoms with van der Waals surface area (Å²) in [5.74, 6) is 0.00129. The SMILES string of the molecule is CCC(=O)[C@H]1C[C@H](C)[C@@]2(CC[C@@]3(C)C4=C(CC[C@]32C)[C@@]2(C)CC[C@@H](O[C@@H]3O[C@@H](CO[C@@H]5OC[C@H](O)[C@H](O)[C@H]5O[C@@H]5O[C@H](CO)[C@H](O)[C@@H](O[C@H]6O[C@H](CO)[C@H](O)[C@H](O)[C@H]6O)[C@H]5O[C@H]5OC[C@@](O)(CO)[C@@H]5O)[C@@H](O)[C@H](O)[C@@H]3O)C(CO)(CO)[C@@H]2CC4)O1. The highest BCUT2D eigenvalue weighted by atomic mass is 16.8. The fraction of sp³-hybridized carbons (Fsp3) is 0.947. The van der Waals surface area contributed by atoms with E-state index in [9.17, 15) is 86.5 Å². The van der Waals surface area contributed by atoms with Gasteiger partial charge >= 0.3 is 0 Å². The number of allylic oxidation sites excluding steroid dienone is 2. The van der Waals surface area contributed by atoms with Crippen LogP contribution in [0.25, 0.3) is 0 Å². The van der Waals surface area contributed by atoms with Gasteiger partial charge in [-0.15, -0.1) is 0 Å². The first-order chi connectivity index (χ1) is 40.2. The summed E-state index contributed by atoms with van der Waals surface area (Å²) in [6.45, 7) is 5.13. The molecule has 28 nitrogen and oxygen atoms in total. The number of fused-ring (bicyclic) bond motifs is 5. The lowest BCUT2D eigenvalue weighted by Gasteiger charge is -2.64. The standard InChI is InChI=1S/C57H92O28/c1-6-27(63)29-15-24(2)57(85-29)14-13-53(4)26-7-8-33-52(3,25(26)9-12-54(53,57)5)11-10-34(55(33,20-60)21-61)81-47-41(71)40(70)37(67)32(80-47)19-76-49-44(35(65)28(64)18-75-49)83-50-45(84-51-46(73)56(74,22-62)23-77-51)43(38(68)31(17-59)79-50)82-48-42(72)39(69)36(66)30(16-58)78-48/h24,28-51,58-62,64-74H,6-23H2,1-5H3/t24-,28-,29+,30+,31+,32-,33+,34+,35-,36-,37+,38-,39-,40-,41-,42+,43+,44+,45+,46+,47-,48+,49-,50-,51+,52+,53-,54+,56-,57+/m0/s1. The molecule has 0 radical (unpaired) electrons. The van der Waals surface area contributed by atoms with Crippen molar-refractivity contribution in [3.8, 4) is 0 Å². The van der Waals surface area contributed by atoms with Crippen molar-refractivity contribution in [3.05, 3.63) is 11.1 Å². The number of hydrogen-bond donors (Lipinski definition) is 16. The Balaban J connectivity index is 0.863. The van der Waals surface area contributed by atoms with Gasteiger partial charge in [0.25, 0.3) is 0 Å². The molecule has 8 fully saturated rings. The summed E-state index contributed by atoms with van der Waals surface area (Å²) in [5.41, 5.74) is -2.30. The molecule has 0 aromatic heterocycles. The third-order valence-corrected chi connectivity index (χ3v) is 22.4. The van der Waals surface area contributed by atoms with Crippen molar-refractivity contribution in [1.82, 2.24) is 0 Å². The minimum atomic E-state index is -2.28. The molecule has 0 bridgehead atoms. The van der Waals surface area contributed by atoms with Crippen molar-refractivity contribution in [1.29, 1.82) is 0 Å². The summed E-state index contributed by atoms with van der Waals surface area (Å²) in [4.78, 5) is 13.0. The zero-order valence-electron chi connectivity index (χ0n) is 48.7. The summed E-state index contributed by atoms with van der Waals surface area (Å²) < 4.78 is 66.7. The molecular weight excluding hydrogens is 1130 g/mol. The van der Waals surface area contributed by atoms with Crippen LogP contribution in [-0.2, 0) is 56.9 Å². The van der Waals surface area contributed by atoms with Gasteiger partial charge in [0.2, 0.25) is 0 Å². The second kappa shape index (κ2) is 25.1. The number of ketones is 1. The van der Waals surface area contributed by atoms with Gasteiger partial charge in [-0.2, -0.15) is 0 Å². The normalized spacial score (nSPS) is 52.5. The van der Waals surface area contributed by atoms with Gasteiger partial charge in [-0.3, -0.25) is 4.79 Å². The Morgan fingerprint density at radius 1 is 0.600 bits per heavy atom. The molecule has 0 amide bonds. The van der Waals surface area contributed by atoms with E-state index in [1.807, 2.05) is 6.92 Å².